The molecular weight excluding hydrogens is 76.1 g/mol. The molecule has 0 aromatic carbocycles. The summed E-state index contributed by atoms with van der Waals surface area (Å²) >= 11 is 0. The zero-order valence-corrected chi connectivity index (χ0v) is 4.41. The summed E-state index contributed by atoms with van der Waals surface area (Å²) in [5, 5.41) is 0. The van der Waals surface area contributed by atoms with Crippen LogP contribution in [-0.2, 0) is 4.79 Å². The van der Waals surface area contributed by atoms with Gasteiger partial charge in [0.05, 0.1) is 0 Å². The van der Waals surface area contributed by atoms with Crippen molar-refractivity contribution in [3.8, 4) is 0 Å². The number of aldehydes is 1. The van der Waals surface area contributed by atoms with Gasteiger partial charge >= 0.3 is 0 Å². The Morgan fingerprint density at radius 2 is 1.83 bits per heavy atom. The molecule has 36 valence electrons. The van der Waals surface area contributed by atoms with Crippen LogP contribution in [0.5, 0.6) is 0 Å². The summed E-state index contributed by atoms with van der Waals surface area (Å²) in [4.78, 5) is 10.1. The molecule has 0 N–H and O–H groups in total. The van der Waals surface area contributed by atoms with Crippen LogP contribution in [0, 0.1) is 5.41 Å². The van der Waals surface area contributed by atoms with E-state index in [4.69, 9.17) is 1.37 Å². The van der Waals surface area contributed by atoms with Crippen molar-refractivity contribution >= 4 is 6.26 Å². The summed E-state index contributed by atoms with van der Waals surface area (Å²) in [6, 6.07) is 0. The monoisotopic (exact) mass is 88.1 g/mol. The second-order valence-corrected chi connectivity index (χ2v) is 2.35. The van der Waals surface area contributed by atoms with Gasteiger partial charge < -0.3 is 4.79 Å². The molecule has 0 rings (SSSR count). The van der Waals surface area contributed by atoms with Crippen molar-refractivity contribution in [2.24, 2.45) is 5.41 Å². The summed E-state index contributed by atoms with van der Waals surface area (Å²) in [6.45, 7) is 5.17. The van der Waals surface area contributed by atoms with Crippen molar-refractivity contribution in [2.75, 3.05) is 0 Å². The second kappa shape index (κ2) is 1.41. The van der Waals surface area contributed by atoms with Gasteiger partial charge in [-0.3, -0.25) is 0 Å². The number of hydrogen-bond donors (Lipinski definition) is 0. The van der Waals surface area contributed by atoms with Crippen LogP contribution >= 0.6 is 0 Å². The maximum absolute atomic E-state index is 10.1. The van der Waals surface area contributed by atoms with Gasteiger partial charge in [-0.25, -0.2) is 0 Å². The molecule has 0 saturated heterocycles. The van der Waals surface area contributed by atoms with Gasteiger partial charge in [0, 0.05) is 5.41 Å². The maximum Gasteiger partial charge on any atom is 0.125 e. The molecule has 0 atom stereocenters. The van der Waals surface area contributed by atoms with E-state index >= 15 is 0 Å². The van der Waals surface area contributed by atoms with Crippen LogP contribution in [0.25, 0.3) is 0 Å². The molecule has 0 aliphatic rings. The van der Waals surface area contributed by atoms with Crippen molar-refractivity contribution in [1.29, 1.82) is 0 Å². The van der Waals surface area contributed by atoms with E-state index in [9.17, 15) is 4.79 Å². The predicted molar refractivity (Wildman–Crippen MR) is 25.5 cm³/mol. The molecule has 1 heteroatoms. The van der Waals surface area contributed by atoms with E-state index < -0.39 is 11.7 Å². The lowest BCUT2D eigenvalue weighted by Gasteiger charge is -2.03. The summed E-state index contributed by atoms with van der Waals surface area (Å²) in [5.41, 5.74) is -0.472. The molecule has 0 aliphatic carbocycles. The van der Waals surface area contributed by atoms with E-state index in [1.54, 1.807) is 20.8 Å². The van der Waals surface area contributed by atoms with Crippen molar-refractivity contribution in [1.82, 2.24) is 0 Å². The smallest absolute Gasteiger partial charge is 0.125 e. The molecule has 0 heterocycles. The molecule has 0 aliphatic heterocycles. The van der Waals surface area contributed by atoms with E-state index in [1.807, 2.05) is 0 Å². The Morgan fingerprint density at radius 1 is 1.67 bits per heavy atom. The molecule has 0 unspecified atom stereocenters. The molecule has 0 spiro atoms. The van der Waals surface area contributed by atoms with Crippen molar-refractivity contribution in [3.05, 3.63) is 0 Å². The van der Waals surface area contributed by atoms with Gasteiger partial charge in [-0.15, -0.1) is 0 Å². The molecule has 0 bridgehead atoms. The molecule has 0 saturated carbocycles. The first-order valence-electron chi connectivity index (χ1n) is 2.45. The fourth-order valence-corrected chi connectivity index (χ4v) is 0. The molecule has 0 fully saturated rings. The highest BCUT2D eigenvalue weighted by atomic mass is 16.1. The van der Waals surface area contributed by atoms with Gasteiger partial charge in [-0.1, -0.05) is 20.8 Å². The van der Waals surface area contributed by atoms with E-state index in [0.717, 1.165) is 0 Å². The average Bonchev–Trinajstić information content (AvgIpc) is 1.31. The Kier molecular flexibility index (Phi) is 0.906. The number of carbonyl (C=O) groups is 1. The first-order valence-corrected chi connectivity index (χ1v) is 1.95. The third-order valence-corrected chi connectivity index (χ3v) is 0.306. The molecule has 6 heavy (non-hydrogen) atoms. The standard InChI is InChI=1S/C5H10O/c1-5(2,3)4-6/h4H,1-3H3/i4T. The summed E-state index contributed by atoms with van der Waals surface area (Å²) in [5.74, 6) is 0. The van der Waals surface area contributed by atoms with Gasteiger partial charge in [0.1, 0.15) is 7.63 Å². The van der Waals surface area contributed by atoms with E-state index in [1.165, 1.54) is 0 Å². The van der Waals surface area contributed by atoms with Gasteiger partial charge in [-0.2, -0.15) is 0 Å². The van der Waals surface area contributed by atoms with E-state index in [-0.39, 0.29) is 0 Å². The molecule has 0 radical (unpaired) electrons. The molecule has 0 aromatic heterocycles. The maximum atomic E-state index is 10.1. The minimum absolute atomic E-state index is 0.472. The molecule has 0 amide bonds. The van der Waals surface area contributed by atoms with Gasteiger partial charge in [0.15, 0.2) is 0 Å². The van der Waals surface area contributed by atoms with Crippen LogP contribution in [0.2, 0.25) is 0 Å². The highest BCUT2D eigenvalue weighted by molar-refractivity contribution is 5.56. The number of carbonyl (C=O) groups excluding carboxylic acids is 1. The second-order valence-electron chi connectivity index (χ2n) is 2.35. The fourth-order valence-electron chi connectivity index (χ4n) is 0. The lowest BCUT2D eigenvalue weighted by atomic mass is 10.0. The Bertz CT molecular complexity index is 80.6. The molecule has 0 aromatic rings. The number of rotatable bonds is 0. The first-order chi connectivity index (χ1) is 2.94. The highest BCUT2D eigenvalue weighted by Crippen LogP contribution is 2.05. The Labute approximate surface area is 39.8 Å². The average molecular weight is 88.1 g/mol. The van der Waals surface area contributed by atoms with Gasteiger partial charge in [0.2, 0.25) is 0 Å². The fraction of sp³-hybridized carbons (Fsp3) is 0.800. The topological polar surface area (TPSA) is 17.1 Å². The normalized spacial score (nSPS) is 13.5. The lowest BCUT2D eigenvalue weighted by molar-refractivity contribution is -0.113. The van der Waals surface area contributed by atoms with E-state index in [2.05, 4.69) is 0 Å². The minimum atomic E-state index is -0.507. The third kappa shape index (κ3) is 3.67. The van der Waals surface area contributed by atoms with E-state index in [0.29, 0.717) is 0 Å². The van der Waals surface area contributed by atoms with Crippen LogP contribution in [0.1, 0.15) is 22.1 Å². The Morgan fingerprint density at radius 3 is 1.83 bits per heavy atom. The third-order valence-electron chi connectivity index (χ3n) is 0.306. The quantitative estimate of drug-likeness (QED) is 0.407. The van der Waals surface area contributed by atoms with Crippen LogP contribution < -0.4 is 0 Å². The van der Waals surface area contributed by atoms with Gasteiger partial charge in [0.25, 0.3) is 0 Å². The largest absolute Gasteiger partial charge is 0.303 e. The predicted octanol–water partition coefficient (Wildman–Crippen LogP) is 1.23. The Balaban J connectivity index is 3.79. The first kappa shape index (κ1) is 3.85. The van der Waals surface area contributed by atoms with Crippen LogP contribution in [0.4, 0.5) is 0 Å². The summed E-state index contributed by atoms with van der Waals surface area (Å²) in [7, 11) is 0. The molecule has 1 nitrogen and oxygen atoms in total. The lowest BCUT2D eigenvalue weighted by Crippen LogP contribution is -2.04. The van der Waals surface area contributed by atoms with Crippen molar-refractivity contribution in [2.45, 2.75) is 20.8 Å². The van der Waals surface area contributed by atoms with Crippen molar-refractivity contribution in [3.63, 3.8) is 0 Å². The van der Waals surface area contributed by atoms with Crippen LogP contribution in [0.3, 0.4) is 0 Å². The highest BCUT2D eigenvalue weighted by Gasteiger charge is 2.04. The van der Waals surface area contributed by atoms with Crippen LogP contribution in [-0.4, -0.2) is 6.26 Å². The summed E-state index contributed by atoms with van der Waals surface area (Å²) < 4.78 is 6.59. The molecular formula is C5H10O. The van der Waals surface area contributed by atoms with Crippen molar-refractivity contribution < 1.29 is 6.17 Å². The minimum Gasteiger partial charge on any atom is -0.303 e. The Hall–Kier alpha value is -0.330. The zero-order valence-electron chi connectivity index (χ0n) is 5.41. The van der Waals surface area contributed by atoms with Gasteiger partial charge in [-0.05, 0) is 0 Å². The van der Waals surface area contributed by atoms with Crippen LogP contribution in [0.15, 0.2) is 0 Å². The zero-order chi connectivity index (χ0) is 6.08. The summed E-state index contributed by atoms with van der Waals surface area (Å²) in [6.07, 6.45) is -0.507. The number of hydrogen-bond acceptors (Lipinski definition) is 1. The SMILES string of the molecule is [3H]C(=O)C(C)(C)C.